The Labute approximate surface area is 180 Å². The van der Waals surface area contributed by atoms with Gasteiger partial charge in [0.2, 0.25) is 17.6 Å². The van der Waals surface area contributed by atoms with Crippen molar-refractivity contribution in [3.05, 3.63) is 72.3 Å². The third-order valence-electron chi connectivity index (χ3n) is 7.50. The maximum absolute atomic E-state index is 13.2. The number of allylic oxidation sites excluding steroid dienone is 2. The molecule has 0 spiro atoms. The topological polar surface area (TPSA) is 63.7 Å². The molecule has 1 heterocycles. The number of ether oxygens (including phenoxy) is 1. The molecule has 2 bridgehead atoms. The Morgan fingerprint density at radius 2 is 1.48 bits per heavy atom. The predicted octanol–water partition coefficient (Wildman–Crippen LogP) is 3.89. The lowest BCUT2D eigenvalue weighted by atomic mass is 9.63. The van der Waals surface area contributed by atoms with E-state index in [1.807, 2.05) is 18.2 Å². The molecular formula is C26H23NO4. The standard InChI is InChI=1S/C26H23NO4/c1-14(24(28)15-5-3-2-4-6-15)31-17-9-7-16(8-10-17)27-25(29)22-18-11-12-19(21-13-20(18)21)23(22)26(27)30/h2-12,14,18-23H,13H2,1H3/t14-,18-,19-,20-,21-,22-,23+/m0/s1. The van der Waals surface area contributed by atoms with Crippen LogP contribution < -0.4 is 9.64 Å². The van der Waals surface area contributed by atoms with Gasteiger partial charge in [0.15, 0.2) is 6.10 Å². The molecule has 7 rings (SSSR count). The first kappa shape index (κ1) is 18.6. The van der Waals surface area contributed by atoms with E-state index in [4.69, 9.17) is 4.74 Å². The first-order valence-corrected chi connectivity index (χ1v) is 11.0. The summed E-state index contributed by atoms with van der Waals surface area (Å²) in [5.41, 5.74) is 1.18. The van der Waals surface area contributed by atoms with Crippen LogP contribution in [-0.2, 0) is 9.59 Å². The van der Waals surface area contributed by atoms with Crippen molar-refractivity contribution >= 4 is 23.3 Å². The molecule has 2 aromatic carbocycles. The zero-order valence-electron chi connectivity index (χ0n) is 17.2. The molecule has 3 fully saturated rings. The monoisotopic (exact) mass is 413 g/mol. The van der Waals surface area contributed by atoms with Gasteiger partial charge in [-0.25, -0.2) is 0 Å². The van der Waals surface area contributed by atoms with Gasteiger partial charge in [0, 0.05) is 5.56 Å². The van der Waals surface area contributed by atoms with Gasteiger partial charge in [0.1, 0.15) is 5.75 Å². The van der Waals surface area contributed by atoms with Crippen molar-refractivity contribution in [3.63, 3.8) is 0 Å². The Morgan fingerprint density at radius 1 is 0.903 bits per heavy atom. The number of imide groups is 1. The van der Waals surface area contributed by atoms with Crippen LogP contribution in [0.5, 0.6) is 5.75 Å². The molecule has 7 atom stereocenters. The third kappa shape index (κ3) is 2.72. The van der Waals surface area contributed by atoms with Gasteiger partial charge < -0.3 is 4.74 Å². The maximum Gasteiger partial charge on any atom is 0.238 e. The highest BCUT2D eigenvalue weighted by Crippen LogP contribution is 2.65. The summed E-state index contributed by atoms with van der Waals surface area (Å²) in [4.78, 5) is 40.3. The zero-order chi connectivity index (χ0) is 21.3. The number of ketones is 1. The fourth-order valence-electron chi connectivity index (χ4n) is 5.98. The second kappa shape index (κ2) is 6.64. The van der Waals surface area contributed by atoms with Gasteiger partial charge in [-0.1, -0.05) is 42.5 Å². The Balaban J connectivity index is 1.19. The molecule has 2 saturated carbocycles. The van der Waals surface area contributed by atoms with Gasteiger partial charge in [-0.3, -0.25) is 19.3 Å². The number of hydrogen-bond acceptors (Lipinski definition) is 4. The van der Waals surface area contributed by atoms with E-state index in [2.05, 4.69) is 12.2 Å². The van der Waals surface area contributed by atoms with E-state index in [9.17, 15) is 14.4 Å². The highest BCUT2D eigenvalue weighted by atomic mass is 16.5. The van der Waals surface area contributed by atoms with Crippen LogP contribution in [0, 0.1) is 35.5 Å². The van der Waals surface area contributed by atoms with E-state index in [1.165, 1.54) is 4.90 Å². The fourth-order valence-corrected chi connectivity index (χ4v) is 5.98. The molecule has 31 heavy (non-hydrogen) atoms. The van der Waals surface area contributed by atoms with Crippen LogP contribution >= 0.6 is 0 Å². The van der Waals surface area contributed by atoms with Crippen LogP contribution in [0.4, 0.5) is 5.69 Å². The smallest absolute Gasteiger partial charge is 0.238 e. The van der Waals surface area contributed by atoms with Crippen LogP contribution in [0.3, 0.4) is 0 Å². The second-order valence-corrected chi connectivity index (χ2v) is 9.15. The molecule has 5 heteroatoms. The van der Waals surface area contributed by atoms with Gasteiger partial charge in [-0.2, -0.15) is 0 Å². The average molecular weight is 413 g/mol. The predicted molar refractivity (Wildman–Crippen MR) is 114 cm³/mol. The molecule has 2 amide bonds. The van der Waals surface area contributed by atoms with Crippen molar-refractivity contribution in [2.75, 3.05) is 4.90 Å². The summed E-state index contributed by atoms with van der Waals surface area (Å²) < 4.78 is 5.81. The molecule has 0 aromatic heterocycles. The summed E-state index contributed by atoms with van der Waals surface area (Å²) in [5, 5.41) is 0. The summed E-state index contributed by atoms with van der Waals surface area (Å²) in [7, 11) is 0. The number of Topliss-reactive ketones (excluding diaryl/α,β-unsaturated/α-hetero) is 1. The van der Waals surface area contributed by atoms with Crippen LogP contribution in [0.1, 0.15) is 23.7 Å². The van der Waals surface area contributed by atoms with E-state index in [0.29, 0.717) is 28.8 Å². The molecule has 2 aromatic rings. The largest absolute Gasteiger partial charge is 0.483 e. The number of carbonyl (C=O) groups is 3. The van der Waals surface area contributed by atoms with Crippen molar-refractivity contribution in [2.45, 2.75) is 19.4 Å². The quantitative estimate of drug-likeness (QED) is 0.424. The average Bonchev–Trinajstić information content (AvgIpc) is 3.58. The summed E-state index contributed by atoms with van der Waals surface area (Å²) in [6.45, 7) is 1.72. The van der Waals surface area contributed by atoms with E-state index in [1.54, 1.807) is 43.3 Å². The number of anilines is 1. The van der Waals surface area contributed by atoms with E-state index in [0.717, 1.165) is 6.42 Å². The second-order valence-electron chi connectivity index (χ2n) is 9.15. The number of rotatable bonds is 5. The Hall–Kier alpha value is -3.21. The van der Waals surface area contributed by atoms with Gasteiger partial charge in [-0.15, -0.1) is 0 Å². The van der Waals surface area contributed by atoms with Gasteiger partial charge >= 0.3 is 0 Å². The first-order valence-electron chi connectivity index (χ1n) is 11.0. The molecule has 4 aliphatic carbocycles. The lowest BCUT2D eigenvalue weighted by molar-refractivity contribution is -0.124. The number of benzene rings is 2. The van der Waals surface area contributed by atoms with Crippen molar-refractivity contribution in [3.8, 4) is 5.75 Å². The summed E-state index contributed by atoms with van der Waals surface area (Å²) in [5.74, 6) is 1.50. The molecule has 156 valence electrons. The summed E-state index contributed by atoms with van der Waals surface area (Å²) in [6.07, 6.45) is 4.87. The highest BCUT2D eigenvalue weighted by Gasteiger charge is 2.67. The summed E-state index contributed by atoms with van der Waals surface area (Å²) in [6, 6.07) is 15.9. The van der Waals surface area contributed by atoms with Crippen molar-refractivity contribution in [2.24, 2.45) is 35.5 Å². The van der Waals surface area contributed by atoms with Gasteiger partial charge in [-0.05, 0) is 61.3 Å². The highest BCUT2D eigenvalue weighted by molar-refractivity contribution is 6.22. The Bertz CT molecular complexity index is 1070. The normalized spacial score (nSPS) is 33.1. The molecule has 5 aliphatic rings. The fraction of sp³-hybridized carbons (Fsp3) is 0.346. The van der Waals surface area contributed by atoms with Crippen LogP contribution in [-0.4, -0.2) is 23.7 Å². The zero-order valence-corrected chi connectivity index (χ0v) is 17.2. The lowest BCUT2D eigenvalue weighted by Gasteiger charge is -2.37. The van der Waals surface area contributed by atoms with Crippen LogP contribution in [0.25, 0.3) is 0 Å². The molecule has 1 saturated heterocycles. The van der Waals surface area contributed by atoms with Crippen LogP contribution in [0.15, 0.2) is 66.7 Å². The Kier molecular flexibility index (Phi) is 3.98. The number of nitrogens with zero attached hydrogens (tertiary/aromatic N) is 1. The maximum atomic E-state index is 13.2. The van der Waals surface area contributed by atoms with Crippen molar-refractivity contribution in [1.29, 1.82) is 0 Å². The van der Waals surface area contributed by atoms with E-state index in [-0.39, 0.29) is 41.3 Å². The van der Waals surface area contributed by atoms with Gasteiger partial charge in [0.05, 0.1) is 17.5 Å². The number of carbonyl (C=O) groups excluding carboxylic acids is 3. The Morgan fingerprint density at radius 3 is 2.06 bits per heavy atom. The molecule has 5 nitrogen and oxygen atoms in total. The molecule has 0 unspecified atom stereocenters. The number of hydrogen-bond donors (Lipinski definition) is 0. The minimum absolute atomic E-state index is 0.0685. The molecular weight excluding hydrogens is 390 g/mol. The van der Waals surface area contributed by atoms with Crippen molar-refractivity contribution < 1.29 is 19.1 Å². The number of amides is 2. The third-order valence-corrected chi connectivity index (χ3v) is 7.50. The van der Waals surface area contributed by atoms with Gasteiger partial charge in [0.25, 0.3) is 0 Å². The first-order chi connectivity index (χ1) is 15.0. The SMILES string of the molecule is C[C@H](Oc1ccc(N2C(=O)[C@@H]3[C@H]4C=C[C@@H]([C@@H]5C[C@@H]45)[C@@H]3C2=O)cc1)C(=O)c1ccccc1. The molecule has 0 radical (unpaired) electrons. The molecule has 1 aliphatic heterocycles. The van der Waals surface area contributed by atoms with E-state index >= 15 is 0 Å². The lowest BCUT2D eigenvalue weighted by Crippen LogP contribution is -2.40. The summed E-state index contributed by atoms with van der Waals surface area (Å²) >= 11 is 0. The van der Waals surface area contributed by atoms with Crippen molar-refractivity contribution in [1.82, 2.24) is 0 Å². The molecule has 0 N–H and O–H groups in total. The van der Waals surface area contributed by atoms with Crippen LogP contribution in [0.2, 0.25) is 0 Å². The minimum Gasteiger partial charge on any atom is -0.483 e. The van der Waals surface area contributed by atoms with E-state index < -0.39 is 6.10 Å². The minimum atomic E-state index is -0.639.